The summed E-state index contributed by atoms with van der Waals surface area (Å²) in [6.07, 6.45) is 18.6. The summed E-state index contributed by atoms with van der Waals surface area (Å²) in [4.78, 5) is 0. The lowest BCUT2D eigenvalue weighted by molar-refractivity contribution is -0.0555. The van der Waals surface area contributed by atoms with Crippen molar-refractivity contribution in [1.82, 2.24) is 0 Å². The molecule has 0 atom stereocenters. The lowest BCUT2D eigenvalue weighted by Gasteiger charge is -2.05. The minimum Gasteiger partial charge on any atom is -0.355 e. The molecule has 0 spiro atoms. The van der Waals surface area contributed by atoms with Gasteiger partial charge in [0.25, 0.3) is 0 Å². The van der Waals surface area contributed by atoms with Gasteiger partial charge in [-0.05, 0) is 19.3 Å². The van der Waals surface area contributed by atoms with Gasteiger partial charge in [0.15, 0.2) is 0 Å². The number of terminal acetylenes is 1. The van der Waals surface area contributed by atoms with E-state index in [4.69, 9.17) is 15.9 Å². The number of ether oxygens (including phenoxy) is 2. The fourth-order valence-electron chi connectivity index (χ4n) is 1.95. The van der Waals surface area contributed by atoms with Crippen LogP contribution < -0.4 is 0 Å². The van der Waals surface area contributed by atoms with Crippen LogP contribution in [0, 0.1) is 12.3 Å². The summed E-state index contributed by atoms with van der Waals surface area (Å²) in [5, 5.41) is 0. The van der Waals surface area contributed by atoms with Gasteiger partial charge < -0.3 is 9.47 Å². The van der Waals surface area contributed by atoms with Gasteiger partial charge in [0.05, 0.1) is 0 Å². The monoisotopic (exact) mass is 268 g/mol. The summed E-state index contributed by atoms with van der Waals surface area (Å²) in [6, 6.07) is 0. The third kappa shape index (κ3) is 17.5. The first-order chi connectivity index (χ1) is 9.41. The largest absolute Gasteiger partial charge is 0.355 e. The molecule has 0 fully saturated rings. The summed E-state index contributed by atoms with van der Waals surface area (Å²) in [6.45, 7) is 4.36. The maximum atomic E-state index is 5.44. The van der Waals surface area contributed by atoms with Gasteiger partial charge in [-0.2, -0.15) is 0 Å². The van der Waals surface area contributed by atoms with Crippen LogP contribution in [0.4, 0.5) is 0 Å². The molecule has 0 aromatic heterocycles. The molecular weight excluding hydrogens is 236 g/mol. The van der Waals surface area contributed by atoms with E-state index >= 15 is 0 Å². The molecular formula is C17H32O2. The molecule has 0 saturated carbocycles. The smallest absolute Gasteiger partial charge is 0.146 e. The zero-order chi connectivity index (χ0) is 14.0. The lowest BCUT2D eigenvalue weighted by atomic mass is 10.1. The zero-order valence-electron chi connectivity index (χ0n) is 12.8. The van der Waals surface area contributed by atoms with Gasteiger partial charge in [0, 0.05) is 19.6 Å². The van der Waals surface area contributed by atoms with E-state index in [2.05, 4.69) is 12.8 Å². The molecule has 19 heavy (non-hydrogen) atoms. The number of hydrogen-bond acceptors (Lipinski definition) is 2. The normalized spacial score (nSPS) is 10.5. The highest BCUT2D eigenvalue weighted by molar-refractivity contribution is 4.82. The molecule has 0 rings (SSSR count). The summed E-state index contributed by atoms with van der Waals surface area (Å²) in [7, 11) is 0. The standard InChI is InChI=1S/C17H32O2/c1-3-5-7-9-10-11-12-14-16-19-17-18-15-13-8-6-4-2/h1H,4-17H2,2H3. The molecule has 0 heterocycles. The Morgan fingerprint density at radius 1 is 0.737 bits per heavy atom. The highest BCUT2D eigenvalue weighted by Gasteiger charge is 1.93. The highest BCUT2D eigenvalue weighted by atomic mass is 16.7. The third-order valence-corrected chi connectivity index (χ3v) is 3.17. The molecule has 0 bridgehead atoms. The fraction of sp³-hybridized carbons (Fsp3) is 0.882. The van der Waals surface area contributed by atoms with Gasteiger partial charge in [-0.1, -0.05) is 51.9 Å². The Labute approximate surface area is 120 Å². The summed E-state index contributed by atoms with van der Waals surface area (Å²) in [5.41, 5.74) is 0. The van der Waals surface area contributed by atoms with Crippen LogP contribution in [0.5, 0.6) is 0 Å². The molecule has 0 aromatic rings. The maximum Gasteiger partial charge on any atom is 0.146 e. The first-order valence-corrected chi connectivity index (χ1v) is 8.00. The van der Waals surface area contributed by atoms with Crippen molar-refractivity contribution in [3.63, 3.8) is 0 Å². The molecule has 0 aliphatic heterocycles. The summed E-state index contributed by atoms with van der Waals surface area (Å²) >= 11 is 0. The van der Waals surface area contributed by atoms with Gasteiger partial charge >= 0.3 is 0 Å². The summed E-state index contributed by atoms with van der Waals surface area (Å²) in [5.74, 6) is 2.68. The fourth-order valence-corrected chi connectivity index (χ4v) is 1.95. The molecule has 2 nitrogen and oxygen atoms in total. The maximum absolute atomic E-state index is 5.44. The second-order valence-electron chi connectivity index (χ2n) is 5.07. The van der Waals surface area contributed by atoms with Crippen molar-refractivity contribution in [2.75, 3.05) is 20.0 Å². The van der Waals surface area contributed by atoms with Crippen molar-refractivity contribution in [3.05, 3.63) is 0 Å². The Morgan fingerprint density at radius 3 is 1.84 bits per heavy atom. The third-order valence-electron chi connectivity index (χ3n) is 3.17. The van der Waals surface area contributed by atoms with E-state index in [1.54, 1.807) is 0 Å². The Balaban J connectivity index is 2.90. The van der Waals surface area contributed by atoms with Gasteiger partial charge in [-0.25, -0.2) is 0 Å². The van der Waals surface area contributed by atoms with Gasteiger partial charge in [0.2, 0.25) is 0 Å². The Hall–Kier alpha value is -0.520. The molecule has 0 aromatic carbocycles. The molecule has 0 N–H and O–H groups in total. The first kappa shape index (κ1) is 18.5. The zero-order valence-corrected chi connectivity index (χ0v) is 12.8. The SMILES string of the molecule is C#CCCCCCCCCOCOCCCCCC. The van der Waals surface area contributed by atoms with Crippen LogP contribution in [0.2, 0.25) is 0 Å². The van der Waals surface area contributed by atoms with Crippen LogP contribution in [-0.4, -0.2) is 20.0 Å². The van der Waals surface area contributed by atoms with Gasteiger partial charge in [-0.3, -0.25) is 0 Å². The van der Waals surface area contributed by atoms with Crippen molar-refractivity contribution in [3.8, 4) is 12.3 Å². The van der Waals surface area contributed by atoms with Crippen molar-refractivity contribution in [2.45, 2.75) is 77.6 Å². The van der Waals surface area contributed by atoms with E-state index in [9.17, 15) is 0 Å². The van der Waals surface area contributed by atoms with E-state index in [0.29, 0.717) is 6.79 Å². The van der Waals surface area contributed by atoms with Crippen LogP contribution in [0.15, 0.2) is 0 Å². The Morgan fingerprint density at radius 2 is 1.26 bits per heavy atom. The second kappa shape index (κ2) is 17.5. The van der Waals surface area contributed by atoms with Crippen molar-refractivity contribution in [2.24, 2.45) is 0 Å². The van der Waals surface area contributed by atoms with Crippen LogP contribution in [-0.2, 0) is 9.47 Å². The van der Waals surface area contributed by atoms with E-state index in [-0.39, 0.29) is 0 Å². The highest BCUT2D eigenvalue weighted by Crippen LogP contribution is 2.06. The first-order valence-electron chi connectivity index (χ1n) is 8.00. The average Bonchev–Trinajstić information content (AvgIpc) is 2.43. The van der Waals surface area contributed by atoms with Crippen LogP contribution in [0.1, 0.15) is 77.6 Å². The minimum atomic E-state index is 0.467. The quantitative estimate of drug-likeness (QED) is 0.238. The van der Waals surface area contributed by atoms with Crippen LogP contribution >= 0.6 is 0 Å². The average molecular weight is 268 g/mol. The topological polar surface area (TPSA) is 18.5 Å². The number of unbranched alkanes of at least 4 members (excludes halogenated alkanes) is 9. The Kier molecular flexibility index (Phi) is 17.0. The van der Waals surface area contributed by atoms with Gasteiger partial charge in [0.1, 0.15) is 6.79 Å². The molecule has 0 radical (unpaired) electrons. The molecule has 0 saturated heterocycles. The molecule has 112 valence electrons. The van der Waals surface area contributed by atoms with Crippen LogP contribution in [0.3, 0.4) is 0 Å². The van der Waals surface area contributed by atoms with E-state index < -0.39 is 0 Å². The lowest BCUT2D eigenvalue weighted by Crippen LogP contribution is -2.03. The van der Waals surface area contributed by atoms with E-state index in [1.165, 1.54) is 51.4 Å². The van der Waals surface area contributed by atoms with E-state index in [0.717, 1.165) is 32.5 Å². The molecule has 0 amide bonds. The molecule has 0 aliphatic carbocycles. The van der Waals surface area contributed by atoms with Crippen molar-refractivity contribution >= 4 is 0 Å². The number of rotatable bonds is 15. The second-order valence-corrected chi connectivity index (χ2v) is 5.07. The molecule has 2 heteroatoms. The predicted molar refractivity (Wildman–Crippen MR) is 82.1 cm³/mol. The molecule has 0 aliphatic rings. The van der Waals surface area contributed by atoms with Crippen LogP contribution in [0.25, 0.3) is 0 Å². The summed E-state index contributed by atoms with van der Waals surface area (Å²) < 4.78 is 10.8. The van der Waals surface area contributed by atoms with E-state index in [1.807, 2.05) is 0 Å². The Bertz CT molecular complexity index is 196. The predicted octanol–water partition coefficient (Wildman–Crippen LogP) is 4.92. The molecule has 0 unspecified atom stereocenters. The van der Waals surface area contributed by atoms with Gasteiger partial charge in [-0.15, -0.1) is 12.3 Å². The van der Waals surface area contributed by atoms with Crippen molar-refractivity contribution < 1.29 is 9.47 Å². The minimum absolute atomic E-state index is 0.467. The van der Waals surface area contributed by atoms with Crippen molar-refractivity contribution in [1.29, 1.82) is 0 Å². The number of hydrogen-bond donors (Lipinski definition) is 0.